The Morgan fingerprint density at radius 1 is 1.32 bits per heavy atom. The summed E-state index contributed by atoms with van der Waals surface area (Å²) in [7, 11) is 0. The lowest BCUT2D eigenvalue weighted by Gasteiger charge is -2.26. The topological polar surface area (TPSA) is 46.6 Å². The number of rotatable bonds is 2. The van der Waals surface area contributed by atoms with Crippen LogP contribution in [0.2, 0.25) is 0 Å². The van der Waals surface area contributed by atoms with Crippen LogP contribution in [0.5, 0.6) is 0 Å². The highest BCUT2D eigenvalue weighted by Crippen LogP contribution is 2.25. The molecule has 1 atom stereocenters. The van der Waals surface area contributed by atoms with Gasteiger partial charge in [0.15, 0.2) is 0 Å². The van der Waals surface area contributed by atoms with Gasteiger partial charge in [0.1, 0.15) is 6.61 Å². The average molecular weight is 261 g/mol. The fourth-order valence-electron chi connectivity index (χ4n) is 2.11. The molecule has 0 saturated carbocycles. The third-order valence-corrected chi connectivity index (χ3v) is 3.14. The molecule has 102 valence electrons. The molecule has 0 unspecified atom stereocenters. The smallest absolute Gasteiger partial charge is 0.417 e. The van der Waals surface area contributed by atoms with E-state index in [1.54, 1.807) is 20.8 Å². The number of carbonyl (C=O) groups excluding carboxylic acids is 2. The largest absolute Gasteiger partial charge is 0.447 e. The molecule has 2 rings (SSSR count). The molecule has 0 bridgehead atoms. The minimum Gasteiger partial charge on any atom is -0.447 e. The first-order valence-electron chi connectivity index (χ1n) is 6.44. The van der Waals surface area contributed by atoms with Crippen LogP contribution in [0.25, 0.3) is 0 Å². The quantitative estimate of drug-likeness (QED) is 0.822. The molecule has 1 fully saturated rings. The van der Waals surface area contributed by atoms with Gasteiger partial charge in [0.2, 0.25) is 5.91 Å². The maximum Gasteiger partial charge on any atom is 0.417 e. The van der Waals surface area contributed by atoms with Gasteiger partial charge >= 0.3 is 6.09 Å². The van der Waals surface area contributed by atoms with E-state index in [9.17, 15) is 9.59 Å². The molecule has 1 aromatic carbocycles. The molecule has 1 saturated heterocycles. The number of amides is 2. The second-order valence-electron chi connectivity index (χ2n) is 5.85. The van der Waals surface area contributed by atoms with Crippen molar-refractivity contribution in [2.75, 3.05) is 6.61 Å². The van der Waals surface area contributed by atoms with E-state index in [2.05, 4.69) is 0 Å². The molecule has 1 aliphatic heterocycles. The van der Waals surface area contributed by atoms with Crippen LogP contribution >= 0.6 is 0 Å². The molecule has 0 radical (unpaired) electrons. The van der Waals surface area contributed by atoms with Crippen LogP contribution in [-0.4, -0.2) is 29.5 Å². The number of imide groups is 1. The van der Waals surface area contributed by atoms with E-state index in [1.807, 2.05) is 30.3 Å². The summed E-state index contributed by atoms with van der Waals surface area (Å²) in [5.41, 5.74) is 0.510. The number of ether oxygens (including phenoxy) is 1. The van der Waals surface area contributed by atoms with Crippen LogP contribution in [0.3, 0.4) is 0 Å². The monoisotopic (exact) mass is 261 g/mol. The van der Waals surface area contributed by atoms with Gasteiger partial charge < -0.3 is 4.74 Å². The van der Waals surface area contributed by atoms with Crippen LogP contribution < -0.4 is 0 Å². The van der Waals surface area contributed by atoms with E-state index < -0.39 is 11.5 Å². The van der Waals surface area contributed by atoms with Gasteiger partial charge in [-0.25, -0.2) is 9.69 Å². The number of nitrogens with zero attached hydrogens (tertiary/aromatic N) is 1. The second-order valence-corrected chi connectivity index (χ2v) is 5.85. The van der Waals surface area contributed by atoms with Crippen molar-refractivity contribution in [1.82, 2.24) is 4.90 Å². The van der Waals surface area contributed by atoms with Crippen LogP contribution in [0.4, 0.5) is 4.79 Å². The molecule has 0 N–H and O–H groups in total. The number of benzene rings is 1. The Hall–Kier alpha value is -1.84. The van der Waals surface area contributed by atoms with E-state index in [-0.39, 0.29) is 18.6 Å². The molecule has 0 spiro atoms. The highest BCUT2D eigenvalue weighted by molar-refractivity contribution is 5.96. The number of carbonyl (C=O) groups is 2. The number of cyclic esters (lactones) is 1. The van der Waals surface area contributed by atoms with Crippen molar-refractivity contribution in [2.24, 2.45) is 5.41 Å². The summed E-state index contributed by atoms with van der Waals surface area (Å²) in [5.74, 6) is -0.184. The van der Waals surface area contributed by atoms with Gasteiger partial charge in [-0.15, -0.1) is 0 Å². The summed E-state index contributed by atoms with van der Waals surface area (Å²) in [6.45, 7) is 5.69. The molecule has 1 aromatic rings. The zero-order valence-corrected chi connectivity index (χ0v) is 11.6. The van der Waals surface area contributed by atoms with Gasteiger partial charge in [-0.3, -0.25) is 4.79 Å². The molecular formula is C15H19NO3. The molecular weight excluding hydrogens is 242 g/mol. The van der Waals surface area contributed by atoms with E-state index in [4.69, 9.17) is 4.74 Å². The summed E-state index contributed by atoms with van der Waals surface area (Å²) in [5, 5.41) is 0. The Labute approximate surface area is 113 Å². The third-order valence-electron chi connectivity index (χ3n) is 3.14. The van der Waals surface area contributed by atoms with Crippen molar-refractivity contribution in [1.29, 1.82) is 0 Å². The van der Waals surface area contributed by atoms with Gasteiger partial charge in [-0.2, -0.15) is 0 Å². The first kappa shape index (κ1) is 13.6. The van der Waals surface area contributed by atoms with E-state index >= 15 is 0 Å². The highest BCUT2D eigenvalue weighted by Gasteiger charge is 2.42. The third kappa shape index (κ3) is 2.95. The summed E-state index contributed by atoms with van der Waals surface area (Å²) < 4.78 is 5.03. The van der Waals surface area contributed by atoms with Crippen molar-refractivity contribution in [3.05, 3.63) is 35.9 Å². The molecule has 0 aromatic heterocycles. The van der Waals surface area contributed by atoms with E-state index in [0.29, 0.717) is 6.42 Å². The predicted octanol–water partition coefficient (Wildman–Crippen LogP) is 2.62. The number of hydrogen-bond donors (Lipinski definition) is 0. The summed E-state index contributed by atoms with van der Waals surface area (Å²) in [4.78, 5) is 25.3. The van der Waals surface area contributed by atoms with Crippen molar-refractivity contribution < 1.29 is 14.3 Å². The molecule has 1 heterocycles. The van der Waals surface area contributed by atoms with Crippen molar-refractivity contribution in [3.63, 3.8) is 0 Å². The van der Waals surface area contributed by atoms with Gasteiger partial charge in [-0.1, -0.05) is 51.1 Å². The van der Waals surface area contributed by atoms with Crippen molar-refractivity contribution in [3.8, 4) is 0 Å². The van der Waals surface area contributed by atoms with Crippen LogP contribution in [-0.2, 0) is 16.0 Å². The molecule has 4 nitrogen and oxygen atoms in total. The Balaban J connectivity index is 2.16. The predicted molar refractivity (Wildman–Crippen MR) is 71.6 cm³/mol. The molecule has 4 heteroatoms. The van der Waals surface area contributed by atoms with Gasteiger partial charge in [0, 0.05) is 5.41 Å². The van der Waals surface area contributed by atoms with E-state index in [1.165, 1.54) is 4.90 Å². The fraction of sp³-hybridized carbons (Fsp3) is 0.467. The SMILES string of the molecule is CC(C)(C)C(=O)N1C(=O)OC[C@H]1Cc1ccccc1. The highest BCUT2D eigenvalue weighted by atomic mass is 16.6. The minimum absolute atomic E-state index is 0.184. The Bertz CT molecular complexity index is 476. The van der Waals surface area contributed by atoms with Crippen LogP contribution in [0.15, 0.2) is 30.3 Å². The lowest BCUT2D eigenvalue weighted by Crippen LogP contribution is -2.45. The van der Waals surface area contributed by atoms with E-state index in [0.717, 1.165) is 5.56 Å². The maximum atomic E-state index is 12.3. The minimum atomic E-state index is -0.585. The second kappa shape index (κ2) is 5.03. The summed E-state index contributed by atoms with van der Waals surface area (Å²) >= 11 is 0. The molecule has 2 amide bonds. The molecule has 0 aliphatic carbocycles. The Kier molecular flexibility index (Phi) is 3.60. The zero-order chi connectivity index (χ0) is 14.0. The standard InChI is InChI=1S/C15H19NO3/c1-15(2,3)13(17)16-12(10-19-14(16)18)9-11-7-5-4-6-8-11/h4-8,12H,9-10H2,1-3H3/t12-/m1/s1. The van der Waals surface area contributed by atoms with Crippen LogP contribution in [0.1, 0.15) is 26.3 Å². The maximum absolute atomic E-state index is 12.3. The average Bonchev–Trinajstić information content (AvgIpc) is 2.70. The van der Waals surface area contributed by atoms with Crippen molar-refractivity contribution in [2.45, 2.75) is 33.2 Å². The van der Waals surface area contributed by atoms with Crippen LogP contribution in [0, 0.1) is 5.41 Å². The lowest BCUT2D eigenvalue weighted by atomic mass is 9.93. The van der Waals surface area contributed by atoms with Gasteiger partial charge in [0.05, 0.1) is 6.04 Å². The fourth-order valence-corrected chi connectivity index (χ4v) is 2.11. The molecule has 19 heavy (non-hydrogen) atoms. The number of hydrogen-bond acceptors (Lipinski definition) is 3. The normalized spacial score (nSPS) is 19.4. The molecule has 1 aliphatic rings. The van der Waals surface area contributed by atoms with Gasteiger partial charge in [0.25, 0.3) is 0 Å². The Morgan fingerprint density at radius 3 is 2.53 bits per heavy atom. The van der Waals surface area contributed by atoms with Gasteiger partial charge in [-0.05, 0) is 12.0 Å². The Morgan fingerprint density at radius 2 is 1.95 bits per heavy atom. The zero-order valence-electron chi connectivity index (χ0n) is 11.6. The first-order valence-corrected chi connectivity index (χ1v) is 6.44. The summed E-state index contributed by atoms with van der Waals surface area (Å²) in [6, 6.07) is 9.61. The summed E-state index contributed by atoms with van der Waals surface area (Å²) in [6.07, 6.45) is 0.106. The van der Waals surface area contributed by atoms with Crippen molar-refractivity contribution >= 4 is 12.0 Å². The lowest BCUT2D eigenvalue weighted by molar-refractivity contribution is -0.137. The first-order chi connectivity index (χ1) is 8.89.